The molecule has 0 saturated heterocycles. The molecule has 4 heteroatoms. The Hall–Kier alpha value is -4.67. The number of fused-ring (bicyclic) bond motifs is 3. The highest BCUT2D eigenvalue weighted by Gasteiger charge is 2.14. The summed E-state index contributed by atoms with van der Waals surface area (Å²) in [4.78, 5) is 14.5. The molecule has 2 aromatic heterocycles. The Bertz CT molecular complexity index is 1800. The number of hydrogen-bond acceptors (Lipinski definition) is 4. The first-order chi connectivity index (χ1) is 18.3. The number of benzene rings is 5. The van der Waals surface area contributed by atoms with Gasteiger partial charge < -0.3 is 0 Å². The third-order valence-electron chi connectivity index (χ3n) is 6.56. The van der Waals surface area contributed by atoms with Crippen LogP contribution in [0.4, 0.5) is 0 Å². The van der Waals surface area contributed by atoms with E-state index in [4.69, 9.17) is 15.0 Å². The SMILES string of the molecule is c1ccc(-c2nc(-c3ccccc3)nc(-c3ccc(-c4cccc5sc6ccccc6c45)cc3)n2)cc1. The average Bonchev–Trinajstić information content (AvgIpc) is 3.37. The first-order valence-electron chi connectivity index (χ1n) is 12.2. The molecule has 0 aliphatic carbocycles. The van der Waals surface area contributed by atoms with Crippen molar-refractivity contribution in [3.8, 4) is 45.3 Å². The lowest BCUT2D eigenvalue weighted by Crippen LogP contribution is -2.00. The van der Waals surface area contributed by atoms with Crippen LogP contribution in [0.5, 0.6) is 0 Å². The predicted molar refractivity (Wildman–Crippen MR) is 154 cm³/mol. The van der Waals surface area contributed by atoms with Gasteiger partial charge in [-0.25, -0.2) is 15.0 Å². The van der Waals surface area contributed by atoms with Gasteiger partial charge in [-0.05, 0) is 23.3 Å². The number of thiophene rings is 1. The highest BCUT2D eigenvalue weighted by atomic mass is 32.1. The molecule has 3 nitrogen and oxygen atoms in total. The Morgan fingerprint density at radius 1 is 0.378 bits per heavy atom. The van der Waals surface area contributed by atoms with Crippen LogP contribution in [0.15, 0.2) is 127 Å². The summed E-state index contributed by atoms with van der Waals surface area (Å²) in [6.45, 7) is 0. The fourth-order valence-electron chi connectivity index (χ4n) is 4.75. The van der Waals surface area contributed by atoms with E-state index in [1.165, 1.54) is 31.3 Å². The van der Waals surface area contributed by atoms with E-state index in [2.05, 4.69) is 66.7 Å². The van der Waals surface area contributed by atoms with Gasteiger partial charge in [0.25, 0.3) is 0 Å². The van der Waals surface area contributed by atoms with E-state index in [1.807, 2.05) is 72.0 Å². The maximum Gasteiger partial charge on any atom is 0.164 e. The van der Waals surface area contributed by atoms with E-state index >= 15 is 0 Å². The highest BCUT2D eigenvalue weighted by Crippen LogP contribution is 2.40. The van der Waals surface area contributed by atoms with Crippen LogP contribution in [-0.2, 0) is 0 Å². The number of aromatic nitrogens is 3. The van der Waals surface area contributed by atoms with E-state index < -0.39 is 0 Å². The summed E-state index contributed by atoms with van der Waals surface area (Å²) in [6.07, 6.45) is 0. The van der Waals surface area contributed by atoms with Crippen molar-refractivity contribution in [3.05, 3.63) is 127 Å². The van der Waals surface area contributed by atoms with Crippen LogP contribution in [0.1, 0.15) is 0 Å². The molecule has 0 aliphatic rings. The molecule has 0 fully saturated rings. The zero-order valence-electron chi connectivity index (χ0n) is 19.9. The molecule has 7 rings (SSSR count). The summed E-state index contributed by atoms with van der Waals surface area (Å²) >= 11 is 1.84. The Kier molecular flexibility index (Phi) is 5.30. The molecule has 0 radical (unpaired) electrons. The van der Waals surface area contributed by atoms with Gasteiger partial charge in [-0.2, -0.15) is 0 Å². The van der Waals surface area contributed by atoms with Crippen molar-refractivity contribution in [2.75, 3.05) is 0 Å². The van der Waals surface area contributed by atoms with E-state index in [1.54, 1.807) is 0 Å². The van der Waals surface area contributed by atoms with Gasteiger partial charge >= 0.3 is 0 Å². The Labute approximate surface area is 218 Å². The van der Waals surface area contributed by atoms with Crippen molar-refractivity contribution in [1.29, 1.82) is 0 Å². The molecule has 0 N–H and O–H groups in total. The zero-order valence-corrected chi connectivity index (χ0v) is 20.7. The van der Waals surface area contributed by atoms with Gasteiger partial charge in [0.1, 0.15) is 0 Å². The van der Waals surface area contributed by atoms with Crippen molar-refractivity contribution in [2.24, 2.45) is 0 Å². The van der Waals surface area contributed by atoms with Gasteiger partial charge in [0.15, 0.2) is 17.5 Å². The molecule has 0 atom stereocenters. The molecular weight excluding hydrogens is 470 g/mol. The Balaban J connectivity index is 1.34. The van der Waals surface area contributed by atoms with Crippen LogP contribution in [0.25, 0.3) is 65.5 Å². The lowest BCUT2D eigenvalue weighted by atomic mass is 9.98. The number of nitrogens with zero attached hydrogens (tertiary/aromatic N) is 3. The quantitative estimate of drug-likeness (QED) is 0.247. The third kappa shape index (κ3) is 3.98. The van der Waals surface area contributed by atoms with Crippen LogP contribution in [0.2, 0.25) is 0 Å². The normalized spacial score (nSPS) is 11.2. The molecule has 0 bridgehead atoms. The molecule has 37 heavy (non-hydrogen) atoms. The van der Waals surface area contributed by atoms with Crippen molar-refractivity contribution in [1.82, 2.24) is 15.0 Å². The first-order valence-corrected chi connectivity index (χ1v) is 13.0. The van der Waals surface area contributed by atoms with Crippen molar-refractivity contribution < 1.29 is 0 Å². The first kappa shape index (κ1) is 21.6. The predicted octanol–water partition coefficient (Wildman–Crippen LogP) is 8.91. The Morgan fingerprint density at radius 2 is 0.865 bits per heavy atom. The average molecular weight is 492 g/mol. The van der Waals surface area contributed by atoms with Crippen LogP contribution >= 0.6 is 11.3 Å². The van der Waals surface area contributed by atoms with Crippen molar-refractivity contribution in [3.63, 3.8) is 0 Å². The summed E-state index contributed by atoms with van der Waals surface area (Å²) in [5.41, 5.74) is 5.32. The van der Waals surface area contributed by atoms with Crippen molar-refractivity contribution in [2.45, 2.75) is 0 Å². The second-order valence-electron chi connectivity index (χ2n) is 8.89. The molecular formula is C33H21N3S. The summed E-state index contributed by atoms with van der Waals surface area (Å²) < 4.78 is 2.62. The molecule has 0 amide bonds. The van der Waals surface area contributed by atoms with Crippen LogP contribution < -0.4 is 0 Å². The number of hydrogen-bond donors (Lipinski definition) is 0. The van der Waals surface area contributed by atoms with Gasteiger partial charge in [0.05, 0.1) is 0 Å². The fraction of sp³-hybridized carbons (Fsp3) is 0. The van der Waals surface area contributed by atoms with Crippen LogP contribution in [0, 0.1) is 0 Å². The van der Waals surface area contributed by atoms with E-state index in [0.717, 1.165) is 16.7 Å². The maximum absolute atomic E-state index is 4.86. The van der Waals surface area contributed by atoms with E-state index in [0.29, 0.717) is 17.5 Å². The highest BCUT2D eigenvalue weighted by molar-refractivity contribution is 7.25. The van der Waals surface area contributed by atoms with Crippen LogP contribution in [-0.4, -0.2) is 15.0 Å². The summed E-state index contributed by atoms with van der Waals surface area (Å²) in [6, 6.07) is 43.9. The molecule has 5 aromatic carbocycles. The summed E-state index contributed by atoms with van der Waals surface area (Å²) in [7, 11) is 0. The summed E-state index contributed by atoms with van der Waals surface area (Å²) in [5, 5.41) is 2.62. The molecule has 174 valence electrons. The second-order valence-corrected chi connectivity index (χ2v) is 9.98. The smallest absolute Gasteiger partial charge is 0.164 e. The molecule has 0 saturated carbocycles. The third-order valence-corrected chi connectivity index (χ3v) is 7.69. The van der Waals surface area contributed by atoms with Gasteiger partial charge in [-0.1, -0.05) is 115 Å². The standard InChI is InChI=1S/C33H21N3S/c1-3-10-23(11-4-1)31-34-32(24-12-5-2-6-13-24)36-33(35-31)25-20-18-22(19-21-25)26-15-9-17-29-30(26)27-14-7-8-16-28(27)37-29/h1-21H. The maximum atomic E-state index is 4.86. The fourth-order valence-corrected chi connectivity index (χ4v) is 5.88. The lowest BCUT2D eigenvalue weighted by molar-refractivity contribution is 1.07. The monoisotopic (exact) mass is 491 g/mol. The topological polar surface area (TPSA) is 38.7 Å². The summed E-state index contributed by atoms with van der Waals surface area (Å²) in [5.74, 6) is 2.00. The Morgan fingerprint density at radius 3 is 1.49 bits per heavy atom. The zero-order chi connectivity index (χ0) is 24.6. The largest absolute Gasteiger partial charge is 0.208 e. The van der Waals surface area contributed by atoms with Gasteiger partial charge in [-0.3, -0.25) is 0 Å². The minimum Gasteiger partial charge on any atom is -0.208 e. The van der Waals surface area contributed by atoms with Crippen LogP contribution in [0.3, 0.4) is 0 Å². The molecule has 0 unspecified atom stereocenters. The molecule has 0 spiro atoms. The minimum atomic E-state index is 0.665. The molecule has 0 aliphatic heterocycles. The minimum absolute atomic E-state index is 0.665. The molecule has 2 heterocycles. The van der Waals surface area contributed by atoms with E-state index in [-0.39, 0.29) is 0 Å². The molecule has 7 aromatic rings. The van der Waals surface area contributed by atoms with Crippen molar-refractivity contribution >= 4 is 31.5 Å². The van der Waals surface area contributed by atoms with Gasteiger partial charge in [0.2, 0.25) is 0 Å². The number of rotatable bonds is 4. The lowest BCUT2D eigenvalue weighted by Gasteiger charge is -2.09. The van der Waals surface area contributed by atoms with Gasteiger partial charge in [0, 0.05) is 36.9 Å². The van der Waals surface area contributed by atoms with Gasteiger partial charge in [-0.15, -0.1) is 11.3 Å². The van der Waals surface area contributed by atoms with E-state index in [9.17, 15) is 0 Å². The second kappa shape index (κ2) is 9.08.